The van der Waals surface area contributed by atoms with Gasteiger partial charge in [0.1, 0.15) is 0 Å². The average Bonchev–Trinajstić information content (AvgIpc) is 2.87. The summed E-state index contributed by atoms with van der Waals surface area (Å²) in [6, 6.07) is 33.0. The van der Waals surface area contributed by atoms with Crippen molar-refractivity contribution in [3.63, 3.8) is 0 Å². The highest BCUT2D eigenvalue weighted by molar-refractivity contribution is 6.25. The second kappa shape index (κ2) is 10.9. The molecule has 4 aromatic rings. The Morgan fingerprint density at radius 1 is 0.706 bits per heavy atom. The van der Waals surface area contributed by atoms with Crippen molar-refractivity contribution in [2.24, 2.45) is 0 Å². The maximum absolute atomic E-state index is 13.2. The first-order valence-corrected chi connectivity index (χ1v) is 11.2. The molecule has 4 aromatic carbocycles. The first kappa shape index (κ1) is 22.7. The molecule has 0 saturated carbocycles. The van der Waals surface area contributed by atoms with Crippen molar-refractivity contribution in [3.8, 4) is 0 Å². The Kier molecular flexibility index (Phi) is 7.25. The Labute approximate surface area is 200 Å². The van der Waals surface area contributed by atoms with Gasteiger partial charge >= 0.3 is 0 Å². The largest absolute Gasteiger partial charge is 0.398 e. The predicted octanol–water partition coefficient (Wildman–Crippen LogP) is 5.32. The van der Waals surface area contributed by atoms with Crippen molar-refractivity contribution >= 4 is 34.6 Å². The number of amides is 1. The molecule has 34 heavy (non-hydrogen) atoms. The number of anilines is 3. The highest BCUT2D eigenvalue weighted by Gasteiger charge is 2.15. The van der Waals surface area contributed by atoms with E-state index in [9.17, 15) is 4.79 Å². The molecule has 5 heteroatoms. The fourth-order valence-electron chi connectivity index (χ4n) is 3.70. The topological polar surface area (TPSA) is 93.2 Å². The van der Waals surface area contributed by atoms with Crippen LogP contribution in [0, 0.1) is 0 Å². The van der Waals surface area contributed by atoms with Crippen LogP contribution in [-0.4, -0.2) is 5.91 Å². The van der Waals surface area contributed by atoms with Gasteiger partial charge in [-0.1, -0.05) is 78.9 Å². The summed E-state index contributed by atoms with van der Waals surface area (Å²) in [4.78, 5) is 13.2. The lowest BCUT2D eigenvalue weighted by atomic mass is 9.99. The third-order valence-corrected chi connectivity index (χ3v) is 5.50. The van der Waals surface area contributed by atoms with E-state index in [1.807, 2.05) is 97.1 Å². The number of benzene rings is 4. The molecule has 0 bridgehead atoms. The minimum absolute atomic E-state index is 0.178. The SMILES string of the molecule is Nc1ccccc1NCc1cccc(C=C(C(=O)NCc2ccccc2)c2ccccc2N)c1. The lowest BCUT2D eigenvalue weighted by Gasteiger charge is -2.13. The predicted molar refractivity (Wildman–Crippen MR) is 142 cm³/mol. The zero-order valence-electron chi connectivity index (χ0n) is 18.9. The Balaban J connectivity index is 1.58. The van der Waals surface area contributed by atoms with E-state index in [1.165, 1.54) is 0 Å². The van der Waals surface area contributed by atoms with E-state index >= 15 is 0 Å². The van der Waals surface area contributed by atoms with Crippen LogP contribution in [-0.2, 0) is 17.9 Å². The summed E-state index contributed by atoms with van der Waals surface area (Å²) in [6.45, 7) is 1.05. The Bertz CT molecular complexity index is 1300. The average molecular weight is 449 g/mol. The summed E-state index contributed by atoms with van der Waals surface area (Å²) < 4.78 is 0. The van der Waals surface area contributed by atoms with Crippen LogP contribution in [0.1, 0.15) is 22.3 Å². The van der Waals surface area contributed by atoms with E-state index < -0.39 is 0 Å². The third-order valence-electron chi connectivity index (χ3n) is 5.50. The molecule has 170 valence electrons. The Hall–Kier alpha value is -4.51. The van der Waals surface area contributed by atoms with Gasteiger partial charge in [0, 0.05) is 29.9 Å². The molecule has 5 nitrogen and oxygen atoms in total. The lowest BCUT2D eigenvalue weighted by molar-refractivity contribution is -0.115. The number of nitrogens with one attached hydrogen (secondary N) is 2. The van der Waals surface area contributed by atoms with Crippen LogP contribution >= 0.6 is 0 Å². The molecule has 0 aromatic heterocycles. The zero-order chi connectivity index (χ0) is 23.8. The first-order chi connectivity index (χ1) is 16.6. The van der Waals surface area contributed by atoms with Crippen LogP contribution in [0.4, 0.5) is 17.1 Å². The van der Waals surface area contributed by atoms with E-state index in [0.717, 1.165) is 22.4 Å². The van der Waals surface area contributed by atoms with E-state index in [4.69, 9.17) is 11.5 Å². The van der Waals surface area contributed by atoms with Crippen LogP contribution in [0.5, 0.6) is 0 Å². The minimum Gasteiger partial charge on any atom is -0.398 e. The Morgan fingerprint density at radius 2 is 1.38 bits per heavy atom. The van der Waals surface area contributed by atoms with Crippen LogP contribution in [0.25, 0.3) is 11.6 Å². The summed E-state index contributed by atoms with van der Waals surface area (Å²) >= 11 is 0. The molecular formula is C29H28N4O. The van der Waals surface area contributed by atoms with Crippen LogP contribution in [0.3, 0.4) is 0 Å². The highest BCUT2D eigenvalue weighted by atomic mass is 16.1. The number of hydrogen-bond acceptors (Lipinski definition) is 4. The number of hydrogen-bond donors (Lipinski definition) is 4. The molecular weight excluding hydrogens is 420 g/mol. The molecule has 4 rings (SSSR count). The number of para-hydroxylation sites is 3. The standard InChI is InChI=1S/C29H28N4O/c30-26-14-5-4-13-24(26)25(29(34)33-19-21-9-2-1-3-10-21)18-22-11-8-12-23(17-22)20-32-28-16-7-6-15-27(28)31/h1-18,32H,19-20,30-31H2,(H,33,34). The van der Waals surface area contributed by atoms with Crippen molar-refractivity contribution in [1.82, 2.24) is 5.32 Å². The molecule has 0 aliphatic heterocycles. The molecule has 0 radical (unpaired) electrons. The maximum atomic E-state index is 13.2. The summed E-state index contributed by atoms with van der Waals surface area (Å²) in [5.41, 5.74) is 18.7. The van der Waals surface area contributed by atoms with E-state index in [-0.39, 0.29) is 5.91 Å². The first-order valence-electron chi connectivity index (χ1n) is 11.2. The lowest BCUT2D eigenvalue weighted by Crippen LogP contribution is -2.24. The second-order valence-corrected chi connectivity index (χ2v) is 8.00. The van der Waals surface area contributed by atoms with Gasteiger partial charge in [-0.15, -0.1) is 0 Å². The summed E-state index contributed by atoms with van der Waals surface area (Å²) in [5.74, 6) is -0.178. The quantitative estimate of drug-likeness (QED) is 0.167. The van der Waals surface area contributed by atoms with Crippen molar-refractivity contribution < 1.29 is 4.79 Å². The summed E-state index contributed by atoms with van der Waals surface area (Å²) in [5, 5.41) is 6.39. The van der Waals surface area contributed by atoms with Crippen molar-refractivity contribution in [3.05, 3.63) is 125 Å². The van der Waals surface area contributed by atoms with Crippen molar-refractivity contribution in [2.45, 2.75) is 13.1 Å². The number of rotatable bonds is 8. The van der Waals surface area contributed by atoms with Crippen LogP contribution in [0.15, 0.2) is 103 Å². The van der Waals surface area contributed by atoms with Gasteiger partial charge in [0.2, 0.25) is 0 Å². The molecule has 0 fully saturated rings. The fraction of sp³-hybridized carbons (Fsp3) is 0.0690. The van der Waals surface area contributed by atoms with Gasteiger partial charge in [0.05, 0.1) is 11.4 Å². The monoisotopic (exact) mass is 448 g/mol. The van der Waals surface area contributed by atoms with Crippen LogP contribution in [0.2, 0.25) is 0 Å². The number of nitrogens with two attached hydrogens (primary N) is 2. The maximum Gasteiger partial charge on any atom is 0.252 e. The number of carbonyl (C=O) groups is 1. The summed E-state index contributed by atoms with van der Waals surface area (Å²) in [6.07, 6.45) is 1.88. The van der Waals surface area contributed by atoms with Gasteiger partial charge in [-0.25, -0.2) is 0 Å². The summed E-state index contributed by atoms with van der Waals surface area (Å²) in [7, 11) is 0. The highest BCUT2D eigenvalue weighted by Crippen LogP contribution is 2.25. The van der Waals surface area contributed by atoms with E-state index in [2.05, 4.69) is 16.7 Å². The van der Waals surface area contributed by atoms with E-state index in [1.54, 1.807) is 6.07 Å². The second-order valence-electron chi connectivity index (χ2n) is 8.00. The molecule has 0 spiro atoms. The molecule has 0 saturated heterocycles. The molecule has 0 unspecified atom stereocenters. The van der Waals surface area contributed by atoms with E-state index in [0.29, 0.717) is 35.6 Å². The molecule has 6 N–H and O–H groups in total. The van der Waals surface area contributed by atoms with Gasteiger partial charge in [0.15, 0.2) is 0 Å². The molecule has 0 aliphatic rings. The molecule has 0 heterocycles. The normalized spacial score (nSPS) is 11.1. The number of carbonyl (C=O) groups excluding carboxylic acids is 1. The van der Waals surface area contributed by atoms with Crippen molar-refractivity contribution in [2.75, 3.05) is 16.8 Å². The Morgan fingerprint density at radius 3 is 2.15 bits per heavy atom. The van der Waals surface area contributed by atoms with Crippen molar-refractivity contribution in [1.29, 1.82) is 0 Å². The molecule has 0 aliphatic carbocycles. The smallest absolute Gasteiger partial charge is 0.252 e. The van der Waals surface area contributed by atoms with Gasteiger partial charge in [-0.3, -0.25) is 4.79 Å². The minimum atomic E-state index is -0.178. The third kappa shape index (κ3) is 5.84. The van der Waals surface area contributed by atoms with Crippen LogP contribution < -0.4 is 22.1 Å². The molecule has 1 amide bonds. The van der Waals surface area contributed by atoms with Gasteiger partial charge in [0.25, 0.3) is 5.91 Å². The fourth-order valence-corrected chi connectivity index (χ4v) is 3.70. The van der Waals surface area contributed by atoms with Gasteiger partial charge in [-0.2, -0.15) is 0 Å². The molecule has 0 atom stereocenters. The van der Waals surface area contributed by atoms with Gasteiger partial charge in [-0.05, 0) is 47.0 Å². The zero-order valence-corrected chi connectivity index (χ0v) is 18.9. The van der Waals surface area contributed by atoms with Gasteiger partial charge < -0.3 is 22.1 Å². The number of nitrogen functional groups attached to an aromatic ring is 2.